The largest absolute Gasteiger partial charge is 0.508 e. The first-order chi connectivity index (χ1) is 6.34. The highest BCUT2D eigenvalue weighted by Crippen LogP contribution is 2.38. The van der Waals surface area contributed by atoms with E-state index in [0.29, 0.717) is 0 Å². The first-order valence-corrected chi connectivity index (χ1v) is 4.01. The molecule has 0 unspecified atom stereocenters. The average molecular weight is 226 g/mol. The van der Waals surface area contributed by atoms with Crippen molar-refractivity contribution in [1.29, 1.82) is 0 Å². The van der Waals surface area contributed by atoms with Gasteiger partial charge in [-0.25, -0.2) is 0 Å². The highest BCUT2D eigenvalue weighted by molar-refractivity contribution is 6.31. The van der Waals surface area contributed by atoms with Crippen LogP contribution in [-0.2, 0) is 0 Å². The highest BCUT2D eigenvalue weighted by atomic mass is 35.5. The van der Waals surface area contributed by atoms with Crippen LogP contribution < -0.4 is 5.73 Å². The van der Waals surface area contributed by atoms with Gasteiger partial charge in [-0.2, -0.15) is 13.2 Å². The van der Waals surface area contributed by atoms with Gasteiger partial charge >= 0.3 is 6.18 Å². The molecular weight excluding hydrogens is 219 g/mol. The van der Waals surface area contributed by atoms with E-state index in [1.54, 1.807) is 0 Å². The van der Waals surface area contributed by atoms with Gasteiger partial charge in [-0.1, -0.05) is 17.7 Å². The van der Waals surface area contributed by atoms with E-state index in [-0.39, 0.29) is 5.02 Å². The van der Waals surface area contributed by atoms with Crippen molar-refractivity contribution in [2.24, 2.45) is 5.73 Å². The molecule has 0 aromatic heterocycles. The number of phenolic OH excluding ortho intramolecular Hbond substituents is 1. The van der Waals surface area contributed by atoms with Gasteiger partial charge in [0.2, 0.25) is 0 Å². The summed E-state index contributed by atoms with van der Waals surface area (Å²) in [7, 11) is 0. The SMILES string of the molecule is N[C@@H](c1c(O)cccc1Cl)C(F)(F)F. The van der Waals surface area contributed by atoms with Crippen molar-refractivity contribution in [3.05, 3.63) is 28.8 Å². The lowest BCUT2D eigenvalue weighted by Crippen LogP contribution is -2.28. The normalized spacial score (nSPS) is 14.1. The van der Waals surface area contributed by atoms with Gasteiger partial charge < -0.3 is 10.8 Å². The molecule has 0 amide bonds. The number of aromatic hydroxyl groups is 1. The Kier molecular flexibility index (Phi) is 2.92. The molecule has 0 spiro atoms. The van der Waals surface area contributed by atoms with Gasteiger partial charge in [0.25, 0.3) is 0 Å². The molecule has 0 heterocycles. The number of rotatable bonds is 1. The molecule has 0 aliphatic rings. The summed E-state index contributed by atoms with van der Waals surface area (Å²) in [5.41, 5.74) is 4.41. The molecule has 1 rings (SSSR count). The Morgan fingerprint density at radius 3 is 2.36 bits per heavy atom. The fraction of sp³-hybridized carbons (Fsp3) is 0.250. The van der Waals surface area contributed by atoms with Crippen molar-refractivity contribution in [1.82, 2.24) is 0 Å². The number of hydrogen-bond donors (Lipinski definition) is 2. The second-order valence-corrected chi connectivity index (χ2v) is 3.10. The standard InChI is InChI=1S/C8H7ClF3NO/c9-4-2-1-3-5(14)6(4)7(13)8(10,11)12/h1-3,7,14H,13H2/t7-/m0/s1. The highest BCUT2D eigenvalue weighted by Gasteiger charge is 2.40. The van der Waals surface area contributed by atoms with E-state index in [9.17, 15) is 13.2 Å². The molecule has 0 radical (unpaired) electrons. The maximum atomic E-state index is 12.2. The van der Waals surface area contributed by atoms with E-state index in [0.717, 1.165) is 6.07 Å². The van der Waals surface area contributed by atoms with Crippen LogP contribution in [0.25, 0.3) is 0 Å². The van der Waals surface area contributed by atoms with Gasteiger partial charge in [-0.15, -0.1) is 0 Å². The minimum absolute atomic E-state index is 0.199. The fourth-order valence-electron chi connectivity index (χ4n) is 0.997. The molecule has 1 atom stereocenters. The van der Waals surface area contributed by atoms with Crippen LogP contribution >= 0.6 is 11.6 Å². The average Bonchev–Trinajstić information content (AvgIpc) is 2.01. The number of nitrogens with two attached hydrogens (primary N) is 1. The van der Waals surface area contributed by atoms with E-state index >= 15 is 0 Å². The monoisotopic (exact) mass is 225 g/mol. The van der Waals surface area contributed by atoms with Crippen molar-refractivity contribution >= 4 is 11.6 Å². The van der Waals surface area contributed by atoms with Crippen LogP contribution in [0.5, 0.6) is 5.75 Å². The summed E-state index contributed by atoms with van der Waals surface area (Å²) in [6.07, 6.45) is -4.62. The lowest BCUT2D eigenvalue weighted by molar-refractivity contribution is -0.149. The Morgan fingerprint density at radius 1 is 1.36 bits per heavy atom. The Morgan fingerprint density at radius 2 is 1.93 bits per heavy atom. The first-order valence-electron chi connectivity index (χ1n) is 3.63. The smallest absolute Gasteiger partial charge is 0.407 e. The molecule has 0 aliphatic carbocycles. The van der Waals surface area contributed by atoms with Crippen molar-refractivity contribution in [3.63, 3.8) is 0 Å². The molecule has 6 heteroatoms. The minimum Gasteiger partial charge on any atom is -0.508 e. The molecular formula is C8H7ClF3NO. The quantitative estimate of drug-likeness (QED) is 0.772. The van der Waals surface area contributed by atoms with Gasteiger partial charge in [0, 0.05) is 10.6 Å². The van der Waals surface area contributed by atoms with Gasteiger partial charge in [-0.3, -0.25) is 0 Å². The van der Waals surface area contributed by atoms with E-state index in [2.05, 4.69) is 0 Å². The molecule has 0 saturated carbocycles. The molecule has 14 heavy (non-hydrogen) atoms. The molecule has 1 aromatic carbocycles. The third kappa shape index (κ3) is 2.10. The van der Waals surface area contributed by atoms with Crippen LogP contribution in [0.3, 0.4) is 0 Å². The molecule has 0 bridgehead atoms. The second-order valence-electron chi connectivity index (χ2n) is 2.69. The maximum absolute atomic E-state index is 12.2. The van der Waals surface area contributed by atoms with Gasteiger partial charge in [0.05, 0.1) is 0 Å². The molecule has 0 fully saturated rings. The zero-order valence-electron chi connectivity index (χ0n) is 6.85. The molecule has 2 nitrogen and oxygen atoms in total. The van der Waals surface area contributed by atoms with Crippen LogP contribution in [0.15, 0.2) is 18.2 Å². The predicted molar refractivity (Wildman–Crippen MR) is 46.1 cm³/mol. The maximum Gasteiger partial charge on any atom is 0.407 e. The lowest BCUT2D eigenvalue weighted by atomic mass is 10.1. The van der Waals surface area contributed by atoms with Crippen LogP contribution in [0.1, 0.15) is 11.6 Å². The Labute approximate surface area is 83.1 Å². The molecule has 0 aliphatic heterocycles. The van der Waals surface area contributed by atoms with Crippen LogP contribution in [-0.4, -0.2) is 11.3 Å². The Bertz CT molecular complexity index is 320. The van der Waals surface area contributed by atoms with Gasteiger partial charge in [0.1, 0.15) is 11.8 Å². The van der Waals surface area contributed by atoms with Gasteiger partial charge in [0.15, 0.2) is 0 Å². The summed E-state index contributed by atoms with van der Waals surface area (Å²) in [5, 5.41) is 8.96. The summed E-state index contributed by atoms with van der Waals surface area (Å²) in [6.45, 7) is 0. The lowest BCUT2D eigenvalue weighted by Gasteiger charge is -2.17. The number of phenols is 1. The zero-order valence-corrected chi connectivity index (χ0v) is 7.60. The van der Waals surface area contributed by atoms with Crippen LogP contribution in [0, 0.1) is 0 Å². The van der Waals surface area contributed by atoms with Crippen LogP contribution in [0.2, 0.25) is 5.02 Å². The summed E-state index contributed by atoms with van der Waals surface area (Å²) < 4.78 is 36.6. The summed E-state index contributed by atoms with van der Waals surface area (Å²) in [5.74, 6) is -0.553. The fourth-order valence-corrected chi connectivity index (χ4v) is 1.28. The molecule has 3 N–H and O–H groups in total. The number of halogens is 4. The van der Waals surface area contributed by atoms with Gasteiger partial charge in [-0.05, 0) is 12.1 Å². The van der Waals surface area contributed by atoms with E-state index in [1.165, 1.54) is 12.1 Å². The van der Waals surface area contributed by atoms with Crippen molar-refractivity contribution in [3.8, 4) is 5.75 Å². The number of alkyl halides is 3. The first kappa shape index (κ1) is 11.1. The Hall–Kier alpha value is -0.940. The number of benzene rings is 1. The Balaban J connectivity index is 3.19. The minimum atomic E-state index is -4.62. The summed E-state index contributed by atoms with van der Waals surface area (Å²) in [4.78, 5) is 0. The zero-order chi connectivity index (χ0) is 10.9. The third-order valence-corrected chi connectivity index (χ3v) is 2.02. The van der Waals surface area contributed by atoms with Crippen LogP contribution in [0.4, 0.5) is 13.2 Å². The van der Waals surface area contributed by atoms with E-state index in [4.69, 9.17) is 22.4 Å². The number of hydrogen-bond acceptors (Lipinski definition) is 2. The topological polar surface area (TPSA) is 46.2 Å². The van der Waals surface area contributed by atoms with Crippen molar-refractivity contribution in [2.75, 3.05) is 0 Å². The summed E-state index contributed by atoms with van der Waals surface area (Å²) >= 11 is 5.49. The van der Waals surface area contributed by atoms with Crippen molar-refractivity contribution in [2.45, 2.75) is 12.2 Å². The second kappa shape index (κ2) is 3.67. The molecule has 0 saturated heterocycles. The molecule has 1 aromatic rings. The van der Waals surface area contributed by atoms with E-state index in [1.807, 2.05) is 0 Å². The third-order valence-electron chi connectivity index (χ3n) is 1.69. The predicted octanol–water partition coefficient (Wildman–Crippen LogP) is 2.61. The van der Waals surface area contributed by atoms with E-state index < -0.39 is 23.5 Å². The van der Waals surface area contributed by atoms with Crippen molar-refractivity contribution < 1.29 is 18.3 Å². The molecule has 78 valence electrons. The summed E-state index contributed by atoms with van der Waals surface area (Å²) in [6, 6.07) is 1.41.